The predicted molar refractivity (Wildman–Crippen MR) is 109 cm³/mol. The molecule has 2 saturated carbocycles. The minimum atomic E-state index is -2.92. The predicted octanol–water partition coefficient (Wildman–Crippen LogP) is 1.94. The average molecular weight is 473 g/mol. The van der Waals surface area contributed by atoms with Gasteiger partial charge in [0.1, 0.15) is 9.84 Å². The second-order valence-corrected chi connectivity index (χ2v) is 9.26. The number of hydrogen-bond donors (Lipinski definition) is 2. The minimum absolute atomic E-state index is 0. The van der Waals surface area contributed by atoms with Gasteiger partial charge in [0.15, 0.2) is 5.96 Å². The largest absolute Gasteiger partial charge is 0.378 e. The molecule has 8 heteroatoms. The van der Waals surface area contributed by atoms with Crippen molar-refractivity contribution in [2.75, 3.05) is 25.7 Å². The van der Waals surface area contributed by atoms with Gasteiger partial charge in [0, 0.05) is 37.4 Å². The Hall–Kier alpha value is -0.0900. The molecule has 0 heterocycles. The van der Waals surface area contributed by atoms with Gasteiger partial charge >= 0.3 is 0 Å². The number of guanidine groups is 1. The highest BCUT2D eigenvalue weighted by molar-refractivity contribution is 14.0. The SMILES string of the molecule is CCOC1CC(NC(=NC)NC(C)CCS(C)(=O)=O)C12CCC2.I. The number of nitrogens with zero attached hydrogens (tertiary/aromatic N) is 1. The topological polar surface area (TPSA) is 79.8 Å². The van der Waals surface area contributed by atoms with E-state index in [1.807, 2.05) is 6.92 Å². The quantitative estimate of drug-likeness (QED) is 0.336. The summed E-state index contributed by atoms with van der Waals surface area (Å²) in [5.41, 5.74) is 0.281. The second-order valence-electron chi connectivity index (χ2n) is 7.00. The summed E-state index contributed by atoms with van der Waals surface area (Å²) < 4.78 is 28.4. The van der Waals surface area contributed by atoms with E-state index in [4.69, 9.17) is 4.74 Å². The molecule has 3 unspecified atom stereocenters. The van der Waals surface area contributed by atoms with Crippen molar-refractivity contribution in [2.24, 2.45) is 10.4 Å². The molecule has 3 atom stereocenters. The third-order valence-corrected chi connectivity index (χ3v) is 6.25. The van der Waals surface area contributed by atoms with Crippen molar-refractivity contribution in [1.29, 1.82) is 0 Å². The number of rotatable bonds is 7. The van der Waals surface area contributed by atoms with Crippen molar-refractivity contribution in [3.05, 3.63) is 0 Å². The molecule has 142 valence electrons. The highest BCUT2D eigenvalue weighted by atomic mass is 127. The first-order valence-electron chi connectivity index (χ1n) is 8.60. The lowest BCUT2D eigenvalue weighted by molar-refractivity contribution is -0.168. The van der Waals surface area contributed by atoms with Crippen LogP contribution in [-0.4, -0.2) is 58.2 Å². The van der Waals surface area contributed by atoms with Crippen LogP contribution in [0.5, 0.6) is 0 Å². The minimum Gasteiger partial charge on any atom is -0.378 e. The van der Waals surface area contributed by atoms with Crippen LogP contribution in [0.1, 0.15) is 46.0 Å². The van der Waals surface area contributed by atoms with Gasteiger partial charge in [0.25, 0.3) is 0 Å². The average Bonchev–Trinajstić information content (AvgIpc) is 2.40. The van der Waals surface area contributed by atoms with E-state index < -0.39 is 9.84 Å². The molecule has 0 bridgehead atoms. The summed E-state index contributed by atoms with van der Waals surface area (Å²) in [6, 6.07) is 0.470. The Morgan fingerprint density at radius 3 is 2.54 bits per heavy atom. The Bertz CT molecular complexity index is 535. The van der Waals surface area contributed by atoms with Crippen molar-refractivity contribution in [1.82, 2.24) is 10.6 Å². The maximum Gasteiger partial charge on any atom is 0.191 e. The zero-order valence-corrected chi connectivity index (χ0v) is 18.3. The first-order valence-corrected chi connectivity index (χ1v) is 10.7. The molecule has 2 N–H and O–H groups in total. The number of sulfone groups is 1. The molecular weight excluding hydrogens is 441 g/mol. The van der Waals surface area contributed by atoms with Crippen LogP contribution >= 0.6 is 24.0 Å². The van der Waals surface area contributed by atoms with Gasteiger partial charge < -0.3 is 15.4 Å². The number of hydrogen-bond acceptors (Lipinski definition) is 4. The number of aliphatic imine (C=N–C) groups is 1. The third kappa shape index (κ3) is 5.20. The molecule has 0 aromatic heterocycles. The zero-order chi connectivity index (χ0) is 17.1. The van der Waals surface area contributed by atoms with E-state index in [0.717, 1.165) is 19.0 Å². The van der Waals surface area contributed by atoms with Crippen LogP contribution in [0.4, 0.5) is 0 Å². The number of halogens is 1. The molecular formula is C16H32IN3O3S. The lowest BCUT2D eigenvalue weighted by atomic mass is 9.51. The van der Waals surface area contributed by atoms with Gasteiger partial charge in [-0.05, 0) is 39.5 Å². The van der Waals surface area contributed by atoms with Crippen LogP contribution in [-0.2, 0) is 14.6 Å². The van der Waals surface area contributed by atoms with E-state index in [1.54, 1.807) is 7.05 Å². The summed E-state index contributed by atoms with van der Waals surface area (Å²) in [4.78, 5) is 4.29. The van der Waals surface area contributed by atoms with Crippen molar-refractivity contribution in [3.63, 3.8) is 0 Å². The molecule has 0 amide bonds. The van der Waals surface area contributed by atoms with Crippen LogP contribution in [0.3, 0.4) is 0 Å². The molecule has 0 aliphatic heterocycles. The fourth-order valence-corrected chi connectivity index (χ4v) is 4.45. The van der Waals surface area contributed by atoms with Crippen molar-refractivity contribution in [3.8, 4) is 0 Å². The smallest absolute Gasteiger partial charge is 0.191 e. The molecule has 24 heavy (non-hydrogen) atoms. The van der Waals surface area contributed by atoms with Crippen LogP contribution in [0.25, 0.3) is 0 Å². The van der Waals surface area contributed by atoms with Gasteiger partial charge in [-0.25, -0.2) is 8.42 Å². The van der Waals surface area contributed by atoms with Crippen LogP contribution in [0.2, 0.25) is 0 Å². The Balaban J connectivity index is 0.00000288. The lowest BCUT2D eigenvalue weighted by Crippen LogP contribution is -2.68. The van der Waals surface area contributed by atoms with Crippen LogP contribution in [0.15, 0.2) is 4.99 Å². The van der Waals surface area contributed by atoms with E-state index in [2.05, 4.69) is 22.5 Å². The van der Waals surface area contributed by atoms with E-state index in [-0.39, 0.29) is 41.2 Å². The summed E-state index contributed by atoms with van der Waals surface area (Å²) in [6.45, 7) is 4.81. The van der Waals surface area contributed by atoms with Crippen LogP contribution < -0.4 is 10.6 Å². The molecule has 2 aliphatic rings. The Kier molecular flexibility index (Phi) is 8.25. The first-order chi connectivity index (χ1) is 10.8. The van der Waals surface area contributed by atoms with Crippen molar-refractivity contribution >= 4 is 39.8 Å². The first kappa shape index (κ1) is 22.0. The maximum atomic E-state index is 11.3. The summed E-state index contributed by atoms with van der Waals surface area (Å²) >= 11 is 0. The van der Waals surface area contributed by atoms with E-state index in [0.29, 0.717) is 18.6 Å². The molecule has 0 aromatic carbocycles. The lowest BCUT2D eigenvalue weighted by Gasteiger charge is -2.61. The molecule has 0 radical (unpaired) electrons. The second kappa shape index (κ2) is 9.02. The summed E-state index contributed by atoms with van der Waals surface area (Å²) in [5, 5.41) is 6.83. The molecule has 2 aliphatic carbocycles. The Morgan fingerprint density at radius 1 is 1.42 bits per heavy atom. The van der Waals surface area contributed by atoms with Crippen molar-refractivity contribution in [2.45, 2.75) is 64.1 Å². The molecule has 2 rings (SSSR count). The Labute approximate surface area is 163 Å². The highest BCUT2D eigenvalue weighted by Gasteiger charge is 2.59. The maximum absolute atomic E-state index is 11.3. The van der Waals surface area contributed by atoms with Gasteiger partial charge in [-0.2, -0.15) is 0 Å². The molecule has 0 saturated heterocycles. The number of nitrogens with one attached hydrogen (secondary N) is 2. The fourth-order valence-electron chi connectivity index (χ4n) is 3.67. The zero-order valence-electron chi connectivity index (χ0n) is 15.2. The standard InChI is InChI=1S/C16H31N3O3S.HI/c1-5-22-14-11-13(16(14)8-6-9-16)19-15(17-3)18-12(2)7-10-23(4,20)21;/h12-14H,5-11H2,1-4H3,(H2,17,18,19);1H. The summed E-state index contributed by atoms with van der Waals surface area (Å²) in [6.07, 6.45) is 6.96. The van der Waals surface area contributed by atoms with Gasteiger partial charge in [0.2, 0.25) is 0 Å². The fraction of sp³-hybridized carbons (Fsp3) is 0.938. The van der Waals surface area contributed by atoms with E-state index >= 15 is 0 Å². The molecule has 0 aromatic rings. The van der Waals surface area contributed by atoms with Crippen molar-refractivity contribution < 1.29 is 13.2 Å². The molecule has 2 fully saturated rings. The van der Waals surface area contributed by atoms with Crippen LogP contribution in [0, 0.1) is 5.41 Å². The normalized spacial score (nSPS) is 26.8. The summed E-state index contributed by atoms with van der Waals surface area (Å²) in [5.74, 6) is 0.954. The van der Waals surface area contributed by atoms with Gasteiger partial charge in [-0.3, -0.25) is 4.99 Å². The summed E-state index contributed by atoms with van der Waals surface area (Å²) in [7, 11) is -1.17. The van der Waals surface area contributed by atoms with Gasteiger partial charge in [0.05, 0.1) is 11.9 Å². The van der Waals surface area contributed by atoms with Gasteiger partial charge in [-0.1, -0.05) is 6.42 Å². The van der Waals surface area contributed by atoms with E-state index in [9.17, 15) is 8.42 Å². The Morgan fingerprint density at radius 2 is 2.08 bits per heavy atom. The molecule has 1 spiro atoms. The number of ether oxygens (including phenoxy) is 1. The monoisotopic (exact) mass is 473 g/mol. The third-order valence-electron chi connectivity index (χ3n) is 5.28. The highest BCUT2D eigenvalue weighted by Crippen LogP contribution is 2.57. The van der Waals surface area contributed by atoms with E-state index in [1.165, 1.54) is 25.5 Å². The van der Waals surface area contributed by atoms with Gasteiger partial charge in [-0.15, -0.1) is 24.0 Å². The molecule has 6 nitrogen and oxygen atoms in total.